The lowest BCUT2D eigenvalue weighted by molar-refractivity contribution is -0.131. The number of rotatable bonds is 5. The molecule has 0 bridgehead atoms. The summed E-state index contributed by atoms with van der Waals surface area (Å²) in [5.74, 6) is -0.208. The minimum Gasteiger partial charge on any atom is -0.331 e. The zero-order valence-electron chi connectivity index (χ0n) is 14.4. The summed E-state index contributed by atoms with van der Waals surface area (Å²) >= 11 is 0. The molecule has 4 heteroatoms. The first-order valence-electron chi connectivity index (χ1n) is 8.42. The van der Waals surface area contributed by atoms with Crippen molar-refractivity contribution in [2.75, 3.05) is 20.1 Å². The van der Waals surface area contributed by atoms with Crippen LogP contribution in [0.2, 0.25) is 0 Å². The van der Waals surface area contributed by atoms with Crippen molar-refractivity contribution in [3.05, 3.63) is 47.3 Å². The Bertz CT molecular complexity index is 562. The molecule has 3 nitrogen and oxygen atoms in total. The van der Waals surface area contributed by atoms with Crippen LogP contribution in [0.4, 0.5) is 4.39 Å². The van der Waals surface area contributed by atoms with Crippen LogP contribution in [0.25, 0.3) is 0 Å². The molecular weight excluding hydrogens is 291 g/mol. The number of benzene rings is 1. The number of hydrogen-bond donors (Lipinski definition) is 0. The lowest BCUT2D eigenvalue weighted by Gasteiger charge is -2.37. The third-order valence-electron chi connectivity index (χ3n) is 4.54. The van der Waals surface area contributed by atoms with Gasteiger partial charge in [0.25, 0.3) is 0 Å². The average molecular weight is 318 g/mol. The number of piperidine rings is 1. The second-order valence-electron chi connectivity index (χ2n) is 6.35. The van der Waals surface area contributed by atoms with Gasteiger partial charge in [0.1, 0.15) is 5.82 Å². The Hall–Kier alpha value is -1.68. The first kappa shape index (κ1) is 17.7. The van der Waals surface area contributed by atoms with E-state index in [0.29, 0.717) is 12.1 Å². The Balaban J connectivity index is 2.22. The molecular formula is C19H27FN2O. The molecule has 0 radical (unpaired) electrons. The lowest BCUT2D eigenvalue weighted by atomic mass is 10.0. The fourth-order valence-electron chi connectivity index (χ4n) is 3.10. The van der Waals surface area contributed by atoms with Crippen LogP contribution in [0.15, 0.2) is 35.9 Å². The molecule has 1 aliphatic rings. The molecule has 1 heterocycles. The first-order valence-corrected chi connectivity index (χ1v) is 8.42. The van der Waals surface area contributed by atoms with E-state index >= 15 is 0 Å². The van der Waals surface area contributed by atoms with E-state index in [0.717, 1.165) is 37.9 Å². The minimum absolute atomic E-state index is 0.0321. The number of carbonyl (C=O) groups is 1. The van der Waals surface area contributed by atoms with Crippen molar-refractivity contribution in [1.82, 2.24) is 9.80 Å². The van der Waals surface area contributed by atoms with Gasteiger partial charge < -0.3 is 9.80 Å². The SMILES string of the molecule is CC/C=C(/C)C(=O)N(Cc1ccccc1F)C1CCN(C)CC1. The Labute approximate surface area is 138 Å². The van der Waals surface area contributed by atoms with E-state index in [1.54, 1.807) is 12.1 Å². The maximum absolute atomic E-state index is 14.0. The quantitative estimate of drug-likeness (QED) is 0.774. The highest BCUT2D eigenvalue weighted by Gasteiger charge is 2.28. The molecule has 0 unspecified atom stereocenters. The Morgan fingerprint density at radius 1 is 1.35 bits per heavy atom. The molecule has 0 atom stereocenters. The molecule has 0 aliphatic carbocycles. The molecule has 0 N–H and O–H groups in total. The summed E-state index contributed by atoms with van der Waals surface area (Å²) in [6.07, 6.45) is 4.66. The second-order valence-corrected chi connectivity index (χ2v) is 6.35. The van der Waals surface area contributed by atoms with Crippen LogP contribution in [0.5, 0.6) is 0 Å². The van der Waals surface area contributed by atoms with Crippen LogP contribution < -0.4 is 0 Å². The topological polar surface area (TPSA) is 23.6 Å². The number of amides is 1. The van der Waals surface area contributed by atoms with Crippen molar-refractivity contribution in [3.8, 4) is 0 Å². The van der Waals surface area contributed by atoms with Crippen molar-refractivity contribution in [3.63, 3.8) is 0 Å². The van der Waals surface area contributed by atoms with Gasteiger partial charge in [0.05, 0.1) is 0 Å². The number of nitrogens with zero attached hydrogens (tertiary/aromatic N) is 2. The van der Waals surface area contributed by atoms with Gasteiger partial charge in [-0.15, -0.1) is 0 Å². The molecule has 0 spiro atoms. The van der Waals surface area contributed by atoms with Crippen molar-refractivity contribution in [2.24, 2.45) is 0 Å². The van der Waals surface area contributed by atoms with Crippen LogP contribution >= 0.6 is 0 Å². The summed E-state index contributed by atoms with van der Waals surface area (Å²) in [6, 6.07) is 6.91. The zero-order chi connectivity index (χ0) is 16.8. The van der Waals surface area contributed by atoms with Gasteiger partial charge in [0.2, 0.25) is 5.91 Å². The predicted octanol–water partition coefficient (Wildman–Crippen LogP) is 3.60. The summed E-state index contributed by atoms with van der Waals surface area (Å²) in [7, 11) is 2.10. The fourth-order valence-corrected chi connectivity index (χ4v) is 3.10. The van der Waals surface area contributed by atoms with Gasteiger partial charge in [-0.05, 0) is 52.4 Å². The van der Waals surface area contributed by atoms with E-state index in [1.807, 2.05) is 30.9 Å². The molecule has 1 aliphatic heterocycles. The fraction of sp³-hybridized carbons (Fsp3) is 0.526. The van der Waals surface area contributed by atoms with Crippen LogP contribution in [0, 0.1) is 5.82 Å². The highest BCUT2D eigenvalue weighted by atomic mass is 19.1. The Morgan fingerprint density at radius 3 is 2.61 bits per heavy atom. The summed E-state index contributed by atoms with van der Waals surface area (Å²) in [4.78, 5) is 17.0. The standard InChI is InChI=1S/C19H27FN2O/c1-4-7-15(2)19(23)22(17-10-12-21(3)13-11-17)14-16-8-5-6-9-18(16)20/h5-9,17H,4,10-14H2,1-3H3/b15-7-. The molecule has 126 valence electrons. The van der Waals surface area contributed by atoms with Crippen molar-refractivity contribution in [1.29, 1.82) is 0 Å². The monoisotopic (exact) mass is 318 g/mol. The van der Waals surface area contributed by atoms with Crippen molar-refractivity contribution in [2.45, 2.75) is 45.7 Å². The molecule has 1 aromatic carbocycles. The summed E-state index contributed by atoms with van der Waals surface area (Å²) < 4.78 is 14.0. The predicted molar refractivity (Wildman–Crippen MR) is 91.5 cm³/mol. The zero-order valence-corrected chi connectivity index (χ0v) is 14.4. The molecule has 23 heavy (non-hydrogen) atoms. The third-order valence-corrected chi connectivity index (χ3v) is 4.54. The van der Waals surface area contributed by atoms with Crippen molar-refractivity contribution >= 4 is 5.91 Å². The van der Waals surface area contributed by atoms with E-state index in [1.165, 1.54) is 6.07 Å². The molecule has 2 rings (SSSR count). The largest absolute Gasteiger partial charge is 0.331 e. The van der Waals surface area contributed by atoms with E-state index < -0.39 is 0 Å². The molecule has 1 amide bonds. The van der Waals surface area contributed by atoms with Crippen LogP contribution in [-0.2, 0) is 11.3 Å². The van der Waals surface area contributed by atoms with Gasteiger partial charge in [-0.25, -0.2) is 4.39 Å². The third kappa shape index (κ3) is 4.64. The lowest BCUT2D eigenvalue weighted by Crippen LogP contribution is -2.46. The first-order chi connectivity index (χ1) is 11.0. The van der Waals surface area contributed by atoms with E-state index in [4.69, 9.17) is 0 Å². The Morgan fingerprint density at radius 2 is 2.00 bits per heavy atom. The normalized spacial score (nSPS) is 17.3. The number of carbonyl (C=O) groups excluding carboxylic acids is 1. The maximum Gasteiger partial charge on any atom is 0.249 e. The van der Waals surface area contributed by atoms with E-state index in [9.17, 15) is 9.18 Å². The summed E-state index contributed by atoms with van der Waals surface area (Å²) in [5, 5.41) is 0. The van der Waals surface area contributed by atoms with Gasteiger partial charge in [0.15, 0.2) is 0 Å². The van der Waals surface area contributed by atoms with Crippen LogP contribution in [-0.4, -0.2) is 41.9 Å². The highest BCUT2D eigenvalue weighted by Crippen LogP contribution is 2.21. The molecule has 1 aromatic rings. The highest BCUT2D eigenvalue weighted by molar-refractivity contribution is 5.93. The summed E-state index contributed by atoms with van der Waals surface area (Å²) in [6.45, 7) is 6.17. The minimum atomic E-state index is -0.240. The van der Waals surface area contributed by atoms with Gasteiger partial charge in [-0.1, -0.05) is 31.2 Å². The average Bonchev–Trinajstić information content (AvgIpc) is 2.55. The van der Waals surface area contributed by atoms with Crippen LogP contribution in [0.3, 0.4) is 0 Å². The number of likely N-dealkylation sites (tertiary alicyclic amines) is 1. The number of allylic oxidation sites excluding steroid dienone is 1. The van der Waals surface area contributed by atoms with E-state index in [-0.39, 0.29) is 17.8 Å². The van der Waals surface area contributed by atoms with Gasteiger partial charge in [-0.3, -0.25) is 4.79 Å². The van der Waals surface area contributed by atoms with Gasteiger partial charge >= 0.3 is 0 Å². The Kier molecular flexibility index (Phi) is 6.34. The number of halogens is 1. The molecule has 0 saturated carbocycles. The van der Waals surface area contributed by atoms with Crippen LogP contribution in [0.1, 0.15) is 38.7 Å². The van der Waals surface area contributed by atoms with Crippen molar-refractivity contribution < 1.29 is 9.18 Å². The molecule has 0 aromatic heterocycles. The van der Waals surface area contributed by atoms with Gasteiger partial charge in [-0.2, -0.15) is 0 Å². The van der Waals surface area contributed by atoms with Gasteiger partial charge in [0, 0.05) is 23.7 Å². The molecule has 1 saturated heterocycles. The second kappa shape index (κ2) is 8.25. The smallest absolute Gasteiger partial charge is 0.249 e. The number of hydrogen-bond acceptors (Lipinski definition) is 2. The van der Waals surface area contributed by atoms with E-state index in [2.05, 4.69) is 11.9 Å². The summed E-state index contributed by atoms with van der Waals surface area (Å²) in [5.41, 5.74) is 1.34. The molecule has 1 fully saturated rings. The maximum atomic E-state index is 14.0.